The molecule has 0 aliphatic rings. The Labute approximate surface area is 164 Å². The van der Waals surface area contributed by atoms with E-state index < -0.39 is 6.04 Å². The molecule has 0 bridgehead atoms. The van der Waals surface area contributed by atoms with Gasteiger partial charge in [-0.2, -0.15) is 0 Å². The summed E-state index contributed by atoms with van der Waals surface area (Å²) in [4.78, 5) is 26.6. The Hall–Kier alpha value is -2.04. The minimum Gasteiger partial charge on any atom is -0.357 e. The van der Waals surface area contributed by atoms with Gasteiger partial charge < -0.3 is 10.2 Å². The second-order valence-corrected chi connectivity index (χ2v) is 7.04. The van der Waals surface area contributed by atoms with Crippen LogP contribution in [0, 0.1) is 6.92 Å². The number of aryl methyl sites for hydroxylation is 1. The first-order valence-corrected chi connectivity index (χ1v) is 9.08. The normalized spacial score (nSPS) is 11.7. The van der Waals surface area contributed by atoms with Crippen LogP contribution >= 0.6 is 23.2 Å². The molecule has 138 valence electrons. The Kier molecular flexibility index (Phi) is 7.06. The maximum atomic E-state index is 12.9. The number of amides is 2. The monoisotopic (exact) mass is 392 g/mol. The molecule has 0 aliphatic heterocycles. The summed E-state index contributed by atoms with van der Waals surface area (Å²) in [5.74, 6) is -0.360. The third-order valence-corrected chi connectivity index (χ3v) is 4.93. The number of nitrogens with zero attached hydrogens (tertiary/aromatic N) is 1. The Bertz CT molecular complexity index is 808. The molecule has 1 atom stereocenters. The lowest BCUT2D eigenvalue weighted by molar-refractivity contribution is -0.139. The molecule has 26 heavy (non-hydrogen) atoms. The van der Waals surface area contributed by atoms with E-state index in [0.717, 1.165) is 16.7 Å². The van der Waals surface area contributed by atoms with Gasteiger partial charge in [-0.1, -0.05) is 59.1 Å². The highest BCUT2D eigenvalue weighted by atomic mass is 35.5. The van der Waals surface area contributed by atoms with Gasteiger partial charge in [-0.25, -0.2) is 0 Å². The summed E-state index contributed by atoms with van der Waals surface area (Å²) in [6.45, 7) is 4.07. The van der Waals surface area contributed by atoms with Crippen LogP contribution in [0.3, 0.4) is 0 Å². The van der Waals surface area contributed by atoms with Crippen LogP contribution in [0.4, 0.5) is 0 Å². The van der Waals surface area contributed by atoms with E-state index in [9.17, 15) is 9.59 Å². The molecule has 1 unspecified atom stereocenters. The van der Waals surface area contributed by atoms with Crippen molar-refractivity contribution in [2.75, 3.05) is 7.05 Å². The first-order valence-electron chi connectivity index (χ1n) is 8.32. The van der Waals surface area contributed by atoms with Crippen molar-refractivity contribution in [2.45, 2.75) is 32.9 Å². The van der Waals surface area contributed by atoms with Gasteiger partial charge in [0.1, 0.15) is 6.04 Å². The van der Waals surface area contributed by atoms with Gasteiger partial charge in [-0.05, 0) is 37.1 Å². The van der Waals surface area contributed by atoms with E-state index in [2.05, 4.69) is 5.32 Å². The summed E-state index contributed by atoms with van der Waals surface area (Å²) < 4.78 is 0. The van der Waals surface area contributed by atoms with E-state index in [1.54, 1.807) is 37.1 Å². The highest BCUT2D eigenvalue weighted by Gasteiger charge is 2.25. The van der Waals surface area contributed by atoms with Crippen LogP contribution < -0.4 is 5.32 Å². The molecule has 0 radical (unpaired) electrons. The lowest BCUT2D eigenvalue weighted by atomic mass is 10.1. The predicted molar refractivity (Wildman–Crippen MR) is 105 cm³/mol. The van der Waals surface area contributed by atoms with Crippen molar-refractivity contribution in [2.24, 2.45) is 0 Å². The van der Waals surface area contributed by atoms with E-state index in [4.69, 9.17) is 23.2 Å². The van der Waals surface area contributed by atoms with Gasteiger partial charge in [0.2, 0.25) is 11.8 Å². The number of halogens is 2. The number of nitrogens with one attached hydrogen (secondary N) is 1. The van der Waals surface area contributed by atoms with E-state index >= 15 is 0 Å². The zero-order valence-electron chi connectivity index (χ0n) is 15.1. The van der Waals surface area contributed by atoms with Gasteiger partial charge in [0, 0.05) is 13.6 Å². The number of benzene rings is 2. The van der Waals surface area contributed by atoms with Gasteiger partial charge >= 0.3 is 0 Å². The summed E-state index contributed by atoms with van der Waals surface area (Å²) >= 11 is 12.0. The first kappa shape index (κ1) is 20.3. The fourth-order valence-electron chi connectivity index (χ4n) is 2.72. The summed E-state index contributed by atoms with van der Waals surface area (Å²) in [5, 5.41) is 3.45. The molecule has 0 aromatic heterocycles. The van der Waals surface area contributed by atoms with Crippen LogP contribution in [0.1, 0.15) is 23.6 Å². The number of hydrogen-bond donors (Lipinski definition) is 1. The Balaban J connectivity index is 2.25. The fourth-order valence-corrected chi connectivity index (χ4v) is 3.05. The Morgan fingerprint density at radius 2 is 1.81 bits per heavy atom. The van der Waals surface area contributed by atoms with Crippen molar-refractivity contribution in [3.8, 4) is 0 Å². The molecule has 2 rings (SSSR count). The van der Waals surface area contributed by atoms with Crippen LogP contribution in [0.2, 0.25) is 10.0 Å². The average Bonchev–Trinajstić information content (AvgIpc) is 2.61. The zero-order valence-corrected chi connectivity index (χ0v) is 16.6. The largest absolute Gasteiger partial charge is 0.357 e. The second kappa shape index (κ2) is 9.06. The minimum atomic E-state index is -0.587. The van der Waals surface area contributed by atoms with E-state index in [0.29, 0.717) is 16.6 Å². The van der Waals surface area contributed by atoms with Crippen molar-refractivity contribution < 1.29 is 9.59 Å². The van der Waals surface area contributed by atoms with Gasteiger partial charge in [0.05, 0.1) is 16.5 Å². The lowest BCUT2D eigenvalue weighted by Gasteiger charge is -2.28. The molecule has 0 aliphatic carbocycles. The first-order chi connectivity index (χ1) is 12.3. The van der Waals surface area contributed by atoms with Crippen molar-refractivity contribution >= 4 is 35.0 Å². The molecule has 2 amide bonds. The lowest BCUT2D eigenvalue weighted by Crippen LogP contribution is -2.47. The second-order valence-electron chi connectivity index (χ2n) is 6.23. The maximum Gasteiger partial charge on any atom is 0.242 e. The molecule has 6 heteroatoms. The highest BCUT2D eigenvalue weighted by molar-refractivity contribution is 6.42. The third kappa shape index (κ3) is 5.23. The molecule has 0 heterocycles. The standard InChI is InChI=1S/C20H22Cl2N2O2/c1-13-5-4-6-16(9-13)12-24(14(2)20(26)23-3)19(25)11-15-7-8-17(21)18(22)10-15/h4-10,14H,11-12H2,1-3H3,(H,23,26). The average molecular weight is 393 g/mol. The number of rotatable bonds is 6. The molecular formula is C20H22Cl2N2O2. The van der Waals surface area contributed by atoms with Crippen LogP contribution in [0.25, 0.3) is 0 Å². The molecule has 0 fully saturated rings. The van der Waals surface area contributed by atoms with Crippen LogP contribution in [-0.2, 0) is 22.6 Å². The van der Waals surface area contributed by atoms with E-state index in [1.807, 2.05) is 31.2 Å². The quantitative estimate of drug-likeness (QED) is 0.806. The number of hydrogen-bond acceptors (Lipinski definition) is 2. The third-order valence-electron chi connectivity index (χ3n) is 4.19. The van der Waals surface area contributed by atoms with Crippen LogP contribution in [-0.4, -0.2) is 29.8 Å². The number of carbonyl (C=O) groups is 2. The SMILES string of the molecule is CNC(=O)C(C)N(Cc1cccc(C)c1)C(=O)Cc1ccc(Cl)c(Cl)c1. The van der Waals surface area contributed by atoms with E-state index in [1.165, 1.54) is 0 Å². The summed E-state index contributed by atoms with van der Waals surface area (Å²) in [6.07, 6.45) is 0.143. The van der Waals surface area contributed by atoms with Gasteiger partial charge in [0.15, 0.2) is 0 Å². The fraction of sp³-hybridized carbons (Fsp3) is 0.300. The summed E-state index contributed by atoms with van der Waals surface area (Å²) in [6, 6.07) is 12.4. The van der Waals surface area contributed by atoms with Gasteiger partial charge in [0.25, 0.3) is 0 Å². The summed E-state index contributed by atoms with van der Waals surface area (Å²) in [7, 11) is 1.56. The predicted octanol–water partition coefficient (Wildman–Crippen LogP) is 4.01. The van der Waals surface area contributed by atoms with Gasteiger partial charge in [-0.15, -0.1) is 0 Å². The number of carbonyl (C=O) groups excluding carboxylic acids is 2. The van der Waals surface area contributed by atoms with Crippen LogP contribution in [0.15, 0.2) is 42.5 Å². The van der Waals surface area contributed by atoms with Crippen molar-refractivity contribution in [3.05, 3.63) is 69.2 Å². The molecule has 0 spiro atoms. The molecule has 1 N–H and O–H groups in total. The van der Waals surface area contributed by atoms with Crippen molar-refractivity contribution in [1.29, 1.82) is 0 Å². The molecular weight excluding hydrogens is 371 g/mol. The van der Waals surface area contributed by atoms with E-state index in [-0.39, 0.29) is 18.2 Å². The molecule has 0 saturated heterocycles. The van der Waals surface area contributed by atoms with Crippen molar-refractivity contribution in [1.82, 2.24) is 10.2 Å². The highest BCUT2D eigenvalue weighted by Crippen LogP contribution is 2.23. The van der Waals surface area contributed by atoms with Crippen molar-refractivity contribution in [3.63, 3.8) is 0 Å². The minimum absolute atomic E-state index is 0.143. The number of likely N-dealkylation sites (N-methyl/N-ethyl adjacent to an activating group) is 1. The zero-order chi connectivity index (χ0) is 19.3. The summed E-state index contributed by atoms with van der Waals surface area (Å²) in [5.41, 5.74) is 2.83. The van der Waals surface area contributed by atoms with Crippen LogP contribution in [0.5, 0.6) is 0 Å². The smallest absolute Gasteiger partial charge is 0.242 e. The van der Waals surface area contributed by atoms with Gasteiger partial charge in [-0.3, -0.25) is 9.59 Å². The Morgan fingerprint density at radius 3 is 2.42 bits per heavy atom. The molecule has 2 aromatic carbocycles. The molecule has 2 aromatic rings. The Morgan fingerprint density at radius 1 is 1.08 bits per heavy atom. The molecule has 0 saturated carbocycles. The topological polar surface area (TPSA) is 49.4 Å². The maximum absolute atomic E-state index is 12.9. The molecule has 4 nitrogen and oxygen atoms in total.